The van der Waals surface area contributed by atoms with Gasteiger partial charge in [0.05, 0.1) is 17.3 Å². The van der Waals surface area contributed by atoms with Crippen LogP contribution in [-0.4, -0.2) is 46.8 Å². The van der Waals surface area contributed by atoms with Crippen LogP contribution in [0.2, 0.25) is 5.02 Å². The van der Waals surface area contributed by atoms with Crippen LogP contribution < -0.4 is 15.4 Å². The van der Waals surface area contributed by atoms with Crippen LogP contribution in [0.15, 0.2) is 72.8 Å². The lowest BCUT2D eigenvalue weighted by Crippen LogP contribution is -2.51. The third kappa shape index (κ3) is 15.8. The summed E-state index contributed by atoms with van der Waals surface area (Å²) in [6, 6.07) is 20.9. The summed E-state index contributed by atoms with van der Waals surface area (Å²) < 4.78 is 6.19. The minimum absolute atomic E-state index is 0.0167. The SMILES string of the molecule is CCCCCCCCCCCCCCCc1cccc(OC(CC)C(=O)Nc2ccc(Cl)c(NC(=O)C(C(=O)C(C)(C)C)N3OCN(Cc4ccccc4)O3)c2)c1. The van der Waals surface area contributed by atoms with Gasteiger partial charge in [0.1, 0.15) is 12.5 Å². The minimum Gasteiger partial charge on any atom is -0.481 e. The molecule has 2 atom stereocenters. The molecule has 57 heavy (non-hydrogen) atoms. The van der Waals surface area contributed by atoms with Gasteiger partial charge < -0.3 is 15.4 Å². The fraction of sp³-hybridized carbons (Fsp3) is 0.543. The Hall–Kier alpha value is -3.80. The molecule has 1 aliphatic rings. The lowest BCUT2D eigenvalue weighted by molar-refractivity contribution is -0.363. The molecule has 11 heteroatoms. The van der Waals surface area contributed by atoms with Gasteiger partial charge in [-0.15, -0.1) is 5.06 Å². The highest BCUT2D eigenvalue weighted by Crippen LogP contribution is 2.29. The number of benzene rings is 3. The van der Waals surface area contributed by atoms with Gasteiger partial charge in [0.2, 0.25) is 6.04 Å². The maximum Gasteiger partial charge on any atom is 0.265 e. The van der Waals surface area contributed by atoms with Crippen molar-refractivity contribution in [2.75, 3.05) is 17.4 Å². The molecule has 0 aromatic heterocycles. The first kappa shape index (κ1) is 45.9. The van der Waals surface area contributed by atoms with Gasteiger partial charge in [0, 0.05) is 11.1 Å². The molecule has 0 radical (unpaired) electrons. The molecule has 3 aromatic carbocycles. The van der Waals surface area contributed by atoms with Crippen LogP contribution in [0.3, 0.4) is 0 Å². The van der Waals surface area contributed by atoms with Gasteiger partial charge in [-0.25, -0.2) is 0 Å². The average molecular weight is 806 g/mol. The Balaban J connectivity index is 1.27. The molecule has 1 heterocycles. The van der Waals surface area contributed by atoms with E-state index < -0.39 is 29.3 Å². The van der Waals surface area contributed by atoms with Gasteiger partial charge >= 0.3 is 0 Å². The summed E-state index contributed by atoms with van der Waals surface area (Å²) in [7, 11) is 0. The summed E-state index contributed by atoms with van der Waals surface area (Å²) in [6.45, 7) is 9.73. The number of rotatable bonds is 25. The van der Waals surface area contributed by atoms with Gasteiger partial charge in [0.25, 0.3) is 11.8 Å². The molecule has 0 spiro atoms. The molecular weight excluding hydrogens is 740 g/mol. The topological polar surface area (TPSA) is 109 Å². The second-order valence-electron chi connectivity index (χ2n) is 16.1. The second kappa shape index (κ2) is 24.2. The Morgan fingerprint density at radius 3 is 2.02 bits per heavy atom. The van der Waals surface area contributed by atoms with Crippen LogP contribution in [0.25, 0.3) is 0 Å². The van der Waals surface area contributed by atoms with Crippen molar-refractivity contribution in [3.8, 4) is 5.75 Å². The molecule has 10 nitrogen and oxygen atoms in total. The summed E-state index contributed by atoms with van der Waals surface area (Å²) in [4.78, 5) is 52.4. The van der Waals surface area contributed by atoms with Crippen molar-refractivity contribution in [1.29, 1.82) is 0 Å². The zero-order valence-electron chi connectivity index (χ0n) is 34.8. The van der Waals surface area contributed by atoms with Crippen molar-refractivity contribution in [3.05, 3.63) is 88.9 Å². The maximum absolute atomic E-state index is 13.8. The van der Waals surface area contributed by atoms with Gasteiger partial charge in [-0.1, -0.05) is 166 Å². The Kier molecular flexibility index (Phi) is 19.5. The normalized spacial score (nSPS) is 14.6. The van der Waals surface area contributed by atoms with Crippen LogP contribution >= 0.6 is 11.6 Å². The van der Waals surface area contributed by atoms with E-state index in [0.29, 0.717) is 24.4 Å². The fourth-order valence-corrected chi connectivity index (χ4v) is 6.88. The van der Waals surface area contributed by atoms with E-state index in [4.69, 9.17) is 26.1 Å². The smallest absolute Gasteiger partial charge is 0.265 e. The van der Waals surface area contributed by atoms with E-state index in [1.807, 2.05) is 55.5 Å². The number of hydrogen-bond acceptors (Lipinski definition) is 8. The van der Waals surface area contributed by atoms with Crippen LogP contribution in [0.1, 0.15) is 136 Å². The number of ketones is 1. The predicted molar refractivity (Wildman–Crippen MR) is 228 cm³/mol. The van der Waals surface area contributed by atoms with E-state index in [1.54, 1.807) is 39.0 Å². The largest absolute Gasteiger partial charge is 0.481 e. The lowest BCUT2D eigenvalue weighted by atomic mass is 9.86. The number of hydrogen-bond donors (Lipinski definition) is 2. The molecule has 4 rings (SSSR count). The van der Waals surface area contributed by atoms with Crippen molar-refractivity contribution >= 4 is 40.6 Å². The van der Waals surface area contributed by atoms with E-state index in [2.05, 4.69) is 23.6 Å². The van der Waals surface area contributed by atoms with Crippen molar-refractivity contribution < 1.29 is 28.9 Å². The zero-order chi connectivity index (χ0) is 41.0. The Morgan fingerprint density at radius 2 is 1.39 bits per heavy atom. The Bertz CT molecular complexity index is 1680. The van der Waals surface area contributed by atoms with Gasteiger partial charge in [-0.2, -0.15) is 4.94 Å². The summed E-state index contributed by atoms with van der Waals surface area (Å²) >= 11 is 6.52. The number of ether oxygens (including phenoxy) is 1. The number of Topliss-reactive ketones (excluding diaryl/α,β-unsaturated/α-hetero) is 1. The molecular formula is C46H65ClN4O6. The van der Waals surface area contributed by atoms with Crippen molar-refractivity contribution in [2.24, 2.45) is 5.41 Å². The van der Waals surface area contributed by atoms with Crippen LogP contribution in [0.5, 0.6) is 5.75 Å². The quantitative estimate of drug-likeness (QED) is 0.0644. The molecule has 312 valence electrons. The van der Waals surface area contributed by atoms with Crippen LogP contribution in [0, 0.1) is 5.41 Å². The number of aryl methyl sites for hydroxylation is 1. The maximum atomic E-state index is 13.8. The molecule has 2 amide bonds. The summed E-state index contributed by atoms with van der Waals surface area (Å²) in [5.74, 6) is -0.803. The van der Waals surface area contributed by atoms with Crippen LogP contribution in [0.4, 0.5) is 11.4 Å². The number of anilines is 2. The third-order valence-electron chi connectivity index (χ3n) is 10.1. The minimum atomic E-state index is -1.45. The van der Waals surface area contributed by atoms with E-state index in [1.165, 1.54) is 87.7 Å². The van der Waals surface area contributed by atoms with Crippen molar-refractivity contribution in [3.63, 3.8) is 0 Å². The van der Waals surface area contributed by atoms with Crippen LogP contribution in [-0.2, 0) is 37.1 Å². The predicted octanol–water partition coefficient (Wildman–Crippen LogP) is 11.2. The molecule has 3 aromatic rings. The third-order valence-corrected chi connectivity index (χ3v) is 10.4. The first-order chi connectivity index (χ1) is 27.5. The highest BCUT2D eigenvalue weighted by molar-refractivity contribution is 6.34. The monoisotopic (exact) mass is 804 g/mol. The molecule has 1 fully saturated rings. The van der Waals surface area contributed by atoms with Crippen molar-refractivity contribution in [1.82, 2.24) is 10.3 Å². The number of nitrogens with one attached hydrogen (secondary N) is 2. The number of halogens is 1. The molecule has 2 N–H and O–H groups in total. The van der Waals surface area contributed by atoms with E-state index in [0.717, 1.165) is 23.6 Å². The second-order valence-corrected chi connectivity index (χ2v) is 16.5. The number of unbranched alkanes of at least 4 members (excludes halogenated alkanes) is 12. The number of carbonyl (C=O) groups is 3. The number of nitrogens with zero attached hydrogens (tertiary/aromatic N) is 2. The highest BCUT2D eigenvalue weighted by Gasteiger charge is 2.44. The van der Waals surface area contributed by atoms with E-state index in [9.17, 15) is 14.4 Å². The Morgan fingerprint density at radius 1 is 0.754 bits per heavy atom. The summed E-state index contributed by atoms with van der Waals surface area (Å²) in [5.41, 5.74) is 1.88. The molecule has 0 aliphatic carbocycles. The highest BCUT2D eigenvalue weighted by atomic mass is 35.5. The van der Waals surface area contributed by atoms with Gasteiger partial charge in [-0.3, -0.25) is 19.2 Å². The standard InChI is InChI=1S/C46H65ClN4O6/c1-6-8-9-10-11-12-13-14-15-16-17-18-20-24-35-27-23-28-38(31-35)56-41(7-2)44(53)48-37-29-30-39(47)40(32-37)49-45(54)42(43(52)46(3,4)5)51-55-34-50(57-51)33-36-25-21-19-22-26-36/h19,21-23,25-32,41-42H,6-18,20,24,33-34H2,1-5H3,(H,48,53)(H,49,54). The van der Waals surface area contributed by atoms with Crippen molar-refractivity contribution in [2.45, 2.75) is 150 Å². The van der Waals surface area contributed by atoms with Gasteiger partial charge in [-0.05, 0) is 65.9 Å². The molecule has 2 unspecified atom stereocenters. The average Bonchev–Trinajstić information content (AvgIpc) is 3.64. The number of amides is 2. The molecule has 0 bridgehead atoms. The van der Waals surface area contributed by atoms with Gasteiger partial charge in [0.15, 0.2) is 11.9 Å². The fourth-order valence-electron chi connectivity index (χ4n) is 6.72. The molecule has 1 aliphatic heterocycles. The number of hydroxylamine groups is 4. The van der Waals surface area contributed by atoms with E-state index in [-0.39, 0.29) is 23.3 Å². The summed E-state index contributed by atoms with van der Waals surface area (Å²) in [5, 5.41) is 8.33. The van der Waals surface area contributed by atoms with E-state index >= 15 is 0 Å². The Labute approximate surface area is 345 Å². The first-order valence-corrected chi connectivity index (χ1v) is 21.5. The zero-order valence-corrected chi connectivity index (χ0v) is 35.6. The summed E-state index contributed by atoms with van der Waals surface area (Å²) in [6.07, 6.45) is 17.9. The lowest BCUT2D eigenvalue weighted by Gasteiger charge is -2.28. The molecule has 1 saturated heterocycles. The molecule has 0 saturated carbocycles. The first-order valence-electron chi connectivity index (χ1n) is 21.1. The number of carbonyl (C=O) groups excluding carboxylic acids is 3.